The van der Waals surface area contributed by atoms with Gasteiger partial charge in [0.2, 0.25) is 0 Å². The zero-order valence-electron chi connectivity index (χ0n) is 13.3. The highest BCUT2D eigenvalue weighted by molar-refractivity contribution is 5.88. The van der Waals surface area contributed by atoms with Crippen molar-refractivity contribution in [3.8, 4) is 5.75 Å². The molecule has 1 unspecified atom stereocenters. The van der Waals surface area contributed by atoms with Crippen molar-refractivity contribution in [2.75, 3.05) is 33.9 Å². The fraction of sp³-hybridized carbons (Fsp3) is 0.500. The average Bonchev–Trinajstić information content (AvgIpc) is 2.96. The van der Waals surface area contributed by atoms with Crippen molar-refractivity contribution in [1.29, 1.82) is 0 Å². The monoisotopic (exact) mass is 301 g/mol. The lowest BCUT2D eigenvalue weighted by molar-refractivity contribution is -0.136. The molecule has 0 saturated heterocycles. The smallest absolute Gasteiger partial charge is 0.334 e. The van der Waals surface area contributed by atoms with E-state index in [1.807, 2.05) is 12.1 Å². The van der Waals surface area contributed by atoms with E-state index < -0.39 is 0 Å². The third-order valence-electron chi connectivity index (χ3n) is 4.71. The van der Waals surface area contributed by atoms with Gasteiger partial charge in [-0.15, -0.1) is 0 Å². The molecule has 1 aliphatic heterocycles. The number of esters is 1. The first-order chi connectivity index (χ1) is 10.7. The molecule has 118 valence electrons. The summed E-state index contributed by atoms with van der Waals surface area (Å²) in [5.41, 5.74) is 3.64. The van der Waals surface area contributed by atoms with Crippen LogP contribution in [0.4, 0.5) is 0 Å². The molecule has 4 heteroatoms. The lowest BCUT2D eigenvalue weighted by Crippen LogP contribution is -2.35. The number of carbonyl (C=O) groups is 1. The summed E-state index contributed by atoms with van der Waals surface area (Å²) in [5.74, 6) is 1.26. The number of benzene rings is 1. The minimum Gasteiger partial charge on any atom is -0.497 e. The Morgan fingerprint density at radius 3 is 3.00 bits per heavy atom. The summed E-state index contributed by atoms with van der Waals surface area (Å²) in [7, 11) is 3.16. The third kappa shape index (κ3) is 3.02. The van der Waals surface area contributed by atoms with Crippen molar-refractivity contribution in [3.63, 3.8) is 0 Å². The second-order valence-electron chi connectivity index (χ2n) is 6.05. The summed E-state index contributed by atoms with van der Waals surface area (Å²) in [6.45, 7) is 2.70. The largest absolute Gasteiger partial charge is 0.497 e. The molecule has 0 N–H and O–H groups in total. The maximum absolute atomic E-state index is 11.7. The summed E-state index contributed by atoms with van der Waals surface area (Å²) in [6, 6.07) is 6.40. The number of methoxy groups -OCH3 is 2. The molecule has 1 aromatic rings. The highest BCUT2D eigenvalue weighted by Crippen LogP contribution is 2.36. The van der Waals surface area contributed by atoms with Crippen LogP contribution in [0.25, 0.3) is 0 Å². The van der Waals surface area contributed by atoms with Crippen LogP contribution in [0.1, 0.15) is 29.9 Å². The molecule has 0 bridgehead atoms. The van der Waals surface area contributed by atoms with Gasteiger partial charge in [-0.1, -0.05) is 12.1 Å². The van der Waals surface area contributed by atoms with Crippen molar-refractivity contribution in [2.45, 2.75) is 25.2 Å². The first-order valence-electron chi connectivity index (χ1n) is 7.87. The van der Waals surface area contributed by atoms with E-state index in [2.05, 4.69) is 17.0 Å². The highest BCUT2D eigenvalue weighted by Gasteiger charge is 2.27. The molecule has 0 saturated carbocycles. The zero-order chi connectivity index (χ0) is 15.5. The Labute approximate surface area is 131 Å². The summed E-state index contributed by atoms with van der Waals surface area (Å²) >= 11 is 0. The van der Waals surface area contributed by atoms with Crippen molar-refractivity contribution < 1.29 is 14.3 Å². The Kier molecular flexibility index (Phi) is 4.48. The number of carbonyl (C=O) groups excluding carboxylic acids is 1. The molecule has 4 nitrogen and oxygen atoms in total. The molecule has 1 aromatic carbocycles. The zero-order valence-corrected chi connectivity index (χ0v) is 13.3. The fourth-order valence-corrected chi connectivity index (χ4v) is 3.53. The first kappa shape index (κ1) is 15.1. The molecule has 3 rings (SSSR count). The van der Waals surface area contributed by atoms with Crippen molar-refractivity contribution in [2.24, 2.45) is 0 Å². The van der Waals surface area contributed by atoms with Gasteiger partial charge in [-0.25, -0.2) is 4.79 Å². The van der Waals surface area contributed by atoms with Gasteiger partial charge < -0.3 is 9.47 Å². The molecule has 0 amide bonds. The quantitative estimate of drug-likeness (QED) is 0.801. The van der Waals surface area contributed by atoms with Gasteiger partial charge in [0.15, 0.2) is 0 Å². The summed E-state index contributed by atoms with van der Waals surface area (Å²) in [5, 5.41) is 0. The molecule has 1 atom stereocenters. The summed E-state index contributed by atoms with van der Waals surface area (Å²) in [4.78, 5) is 14.1. The predicted octanol–water partition coefficient (Wildman–Crippen LogP) is 2.53. The number of ether oxygens (including phenoxy) is 2. The van der Waals surface area contributed by atoms with Crippen LogP contribution in [0.5, 0.6) is 5.75 Å². The Morgan fingerprint density at radius 1 is 1.36 bits per heavy atom. The van der Waals surface area contributed by atoms with E-state index >= 15 is 0 Å². The van der Waals surface area contributed by atoms with Gasteiger partial charge in [0.25, 0.3) is 0 Å². The van der Waals surface area contributed by atoms with E-state index in [-0.39, 0.29) is 5.97 Å². The Bertz CT molecular complexity index is 594. The van der Waals surface area contributed by atoms with Crippen LogP contribution < -0.4 is 4.74 Å². The highest BCUT2D eigenvalue weighted by atomic mass is 16.5. The maximum Gasteiger partial charge on any atom is 0.334 e. The van der Waals surface area contributed by atoms with Crippen LogP contribution in [0.15, 0.2) is 29.8 Å². The maximum atomic E-state index is 11.7. The fourth-order valence-electron chi connectivity index (χ4n) is 3.53. The van der Waals surface area contributed by atoms with Crippen molar-refractivity contribution in [3.05, 3.63) is 41.0 Å². The minimum atomic E-state index is -0.196. The number of hydrogen-bond donors (Lipinski definition) is 0. The van der Waals surface area contributed by atoms with E-state index in [0.717, 1.165) is 37.3 Å². The van der Waals surface area contributed by atoms with Gasteiger partial charge in [-0.05, 0) is 48.4 Å². The lowest BCUT2D eigenvalue weighted by Gasteiger charge is -2.29. The molecular weight excluding hydrogens is 278 g/mol. The summed E-state index contributed by atoms with van der Waals surface area (Å²) < 4.78 is 10.2. The van der Waals surface area contributed by atoms with E-state index in [9.17, 15) is 4.79 Å². The molecule has 0 radical (unpaired) electrons. The molecule has 1 aliphatic carbocycles. The Balaban J connectivity index is 1.69. The first-order valence-corrected chi connectivity index (χ1v) is 7.87. The SMILES string of the molecule is COC(=O)C1=CCCN(CC2CCc3ccc(OC)cc32)C1. The molecule has 2 aliphatic rings. The molecule has 1 heterocycles. The minimum absolute atomic E-state index is 0.196. The molecular formula is C18H23NO3. The van der Waals surface area contributed by atoms with Crippen LogP contribution in [0.3, 0.4) is 0 Å². The van der Waals surface area contributed by atoms with E-state index in [0.29, 0.717) is 12.5 Å². The molecule has 0 aromatic heterocycles. The van der Waals surface area contributed by atoms with Crippen LogP contribution in [0, 0.1) is 0 Å². The normalized spacial score (nSPS) is 21.2. The van der Waals surface area contributed by atoms with Crippen LogP contribution in [0.2, 0.25) is 0 Å². The van der Waals surface area contributed by atoms with Gasteiger partial charge in [-0.2, -0.15) is 0 Å². The standard InChI is InChI=1S/C18H23NO3/c1-21-16-8-7-13-5-6-14(17(13)10-16)11-19-9-3-4-15(12-19)18(20)22-2/h4,7-8,10,14H,3,5-6,9,11-12H2,1-2H3. The number of rotatable bonds is 4. The van der Waals surface area contributed by atoms with E-state index in [1.165, 1.54) is 24.7 Å². The molecule has 22 heavy (non-hydrogen) atoms. The Hall–Kier alpha value is -1.81. The number of fused-ring (bicyclic) bond motifs is 1. The number of aryl methyl sites for hydroxylation is 1. The Morgan fingerprint density at radius 2 is 2.23 bits per heavy atom. The van der Waals surface area contributed by atoms with Gasteiger partial charge >= 0.3 is 5.97 Å². The van der Waals surface area contributed by atoms with Crippen LogP contribution in [-0.2, 0) is 16.0 Å². The van der Waals surface area contributed by atoms with Crippen LogP contribution in [-0.4, -0.2) is 44.7 Å². The topological polar surface area (TPSA) is 38.8 Å². The van der Waals surface area contributed by atoms with Crippen molar-refractivity contribution in [1.82, 2.24) is 4.90 Å². The van der Waals surface area contributed by atoms with Gasteiger partial charge in [0, 0.05) is 25.2 Å². The second kappa shape index (κ2) is 6.53. The van der Waals surface area contributed by atoms with E-state index in [4.69, 9.17) is 9.47 Å². The summed E-state index contributed by atoms with van der Waals surface area (Å²) in [6.07, 6.45) is 5.24. The van der Waals surface area contributed by atoms with Gasteiger partial charge in [0.05, 0.1) is 14.2 Å². The van der Waals surface area contributed by atoms with Gasteiger partial charge in [-0.3, -0.25) is 4.90 Å². The van der Waals surface area contributed by atoms with Gasteiger partial charge in [0.1, 0.15) is 5.75 Å². The predicted molar refractivity (Wildman–Crippen MR) is 85.2 cm³/mol. The molecule has 0 spiro atoms. The van der Waals surface area contributed by atoms with E-state index in [1.54, 1.807) is 7.11 Å². The van der Waals surface area contributed by atoms with Crippen molar-refractivity contribution >= 4 is 5.97 Å². The number of nitrogens with zero attached hydrogens (tertiary/aromatic N) is 1. The van der Waals surface area contributed by atoms with Crippen LogP contribution >= 0.6 is 0 Å². The third-order valence-corrected chi connectivity index (χ3v) is 4.71. The lowest BCUT2D eigenvalue weighted by atomic mass is 9.99. The second-order valence-corrected chi connectivity index (χ2v) is 6.05. The average molecular weight is 301 g/mol. The number of hydrogen-bond acceptors (Lipinski definition) is 4. The molecule has 0 fully saturated rings.